The average molecular weight is 460 g/mol. The van der Waals surface area contributed by atoms with E-state index in [-0.39, 0.29) is 29.6 Å². The van der Waals surface area contributed by atoms with Gasteiger partial charge in [0.15, 0.2) is 17.5 Å². The maximum atomic E-state index is 12.8. The fourth-order valence-electron chi connectivity index (χ4n) is 2.95. The van der Waals surface area contributed by atoms with E-state index in [1.54, 1.807) is 26.0 Å². The minimum atomic E-state index is -3.77. The largest absolute Gasteiger partial charge is 0.390 e. The second-order valence-electron chi connectivity index (χ2n) is 8.60. The summed E-state index contributed by atoms with van der Waals surface area (Å²) in [5.74, 6) is 1.29. The molecule has 0 aliphatic rings. The zero-order valence-corrected chi connectivity index (χ0v) is 19.7. The molecule has 0 aliphatic carbocycles. The van der Waals surface area contributed by atoms with Gasteiger partial charge in [0.05, 0.1) is 22.4 Å². The monoisotopic (exact) mass is 459 g/mol. The van der Waals surface area contributed by atoms with Crippen LogP contribution in [0.25, 0.3) is 17.1 Å². The number of anilines is 1. The maximum Gasteiger partial charge on any atom is 0.240 e. The first-order valence-corrected chi connectivity index (χ1v) is 11.7. The van der Waals surface area contributed by atoms with Gasteiger partial charge in [-0.05, 0) is 44.9 Å². The molecule has 10 nitrogen and oxygen atoms in total. The van der Waals surface area contributed by atoms with Gasteiger partial charge in [0.25, 0.3) is 0 Å². The van der Waals surface area contributed by atoms with Gasteiger partial charge in [0, 0.05) is 18.0 Å². The van der Waals surface area contributed by atoms with Crippen LogP contribution in [-0.2, 0) is 10.0 Å². The lowest BCUT2D eigenvalue weighted by Gasteiger charge is -2.17. The van der Waals surface area contributed by atoms with E-state index in [0.29, 0.717) is 22.9 Å². The van der Waals surface area contributed by atoms with E-state index in [9.17, 15) is 13.5 Å². The third-order valence-corrected chi connectivity index (χ3v) is 6.31. The SMILES string of the molecule is Cc1ccc(S(=O)(=O)NCCC(C)(C)O)cc1-c1cnc(N)c(-n2cnc(C(C)C)n2)n1. The van der Waals surface area contributed by atoms with Gasteiger partial charge >= 0.3 is 0 Å². The van der Waals surface area contributed by atoms with Crippen LogP contribution < -0.4 is 10.5 Å². The molecular weight excluding hydrogens is 430 g/mol. The predicted molar refractivity (Wildman–Crippen MR) is 122 cm³/mol. The molecule has 11 heteroatoms. The first-order valence-electron chi connectivity index (χ1n) is 10.2. The molecule has 0 fully saturated rings. The zero-order chi connectivity index (χ0) is 23.7. The Kier molecular flexibility index (Phi) is 6.63. The molecule has 0 aliphatic heterocycles. The van der Waals surface area contributed by atoms with Crippen LogP contribution in [0.5, 0.6) is 0 Å². The van der Waals surface area contributed by atoms with Gasteiger partial charge in [-0.15, -0.1) is 5.10 Å². The van der Waals surface area contributed by atoms with Gasteiger partial charge in [0.2, 0.25) is 10.0 Å². The molecule has 0 saturated carbocycles. The van der Waals surface area contributed by atoms with Crippen LogP contribution in [0.2, 0.25) is 0 Å². The highest BCUT2D eigenvalue weighted by Crippen LogP contribution is 2.26. The van der Waals surface area contributed by atoms with Crippen LogP contribution in [-0.4, -0.2) is 50.4 Å². The third-order valence-electron chi connectivity index (χ3n) is 4.85. The number of hydrogen-bond donors (Lipinski definition) is 3. The molecule has 3 rings (SSSR count). The Balaban J connectivity index is 1.96. The topological polar surface area (TPSA) is 149 Å². The Hall–Kier alpha value is -2.89. The van der Waals surface area contributed by atoms with Crippen molar-refractivity contribution in [3.63, 3.8) is 0 Å². The van der Waals surface area contributed by atoms with Gasteiger partial charge in [-0.1, -0.05) is 19.9 Å². The molecule has 2 heterocycles. The Morgan fingerprint density at radius 1 is 1.25 bits per heavy atom. The molecule has 32 heavy (non-hydrogen) atoms. The highest BCUT2D eigenvalue weighted by molar-refractivity contribution is 7.89. The molecule has 4 N–H and O–H groups in total. The summed E-state index contributed by atoms with van der Waals surface area (Å²) in [4.78, 5) is 13.2. The van der Waals surface area contributed by atoms with E-state index >= 15 is 0 Å². The molecule has 0 unspecified atom stereocenters. The lowest BCUT2D eigenvalue weighted by atomic mass is 10.1. The number of nitrogens with two attached hydrogens (primary N) is 1. The van der Waals surface area contributed by atoms with Crippen molar-refractivity contribution >= 4 is 15.8 Å². The van der Waals surface area contributed by atoms with Crippen molar-refractivity contribution in [3.8, 4) is 17.1 Å². The number of rotatable bonds is 8. The summed E-state index contributed by atoms with van der Waals surface area (Å²) in [6, 6.07) is 4.79. The van der Waals surface area contributed by atoms with Crippen LogP contribution >= 0.6 is 0 Å². The first-order chi connectivity index (χ1) is 14.9. The second kappa shape index (κ2) is 8.93. The summed E-state index contributed by atoms with van der Waals surface area (Å²) in [5, 5.41) is 14.2. The van der Waals surface area contributed by atoms with Crippen LogP contribution in [0.3, 0.4) is 0 Å². The molecule has 2 aromatic heterocycles. The summed E-state index contributed by atoms with van der Waals surface area (Å²) in [6.45, 7) is 9.19. The summed E-state index contributed by atoms with van der Waals surface area (Å²) < 4.78 is 29.5. The van der Waals surface area contributed by atoms with Crippen LogP contribution in [0.15, 0.2) is 35.6 Å². The molecular formula is C21H29N7O3S. The smallest absolute Gasteiger partial charge is 0.240 e. The number of benzene rings is 1. The van der Waals surface area contributed by atoms with Crippen LogP contribution in [0.1, 0.15) is 51.4 Å². The molecule has 1 aromatic carbocycles. The summed E-state index contributed by atoms with van der Waals surface area (Å²) in [7, 11) is -3.77. The van der Waals surface area contributed by atoms with Gasteiger partial charge < -0.3 is 10.8 Å². The fourth-order valence-corrected chi connectivity index (χ4v) is 4.01. The average Bonchev–Trinajstić information content (AvgIpc) is 3.18. The normalized spacial score (nSPS) is 12.5. The number of aromatic nitrogens is 5. The lowest BCUT2D eigenvalue weighted by molar-refractivity contribution is 0.0728. The van der Waals surface area contributed by atoms with Crippen molar-refractivity contribution in [2.24, 2.45) is 0 Å². The summed E-state index contributed by atoms with van der Waals surface area (Å²) in [6.07, 6.45) is 3.31. The number of nitrogen functional groups attached to an aromatic ring is 1. The number of nitrogens with zero attached hydrogens (tertiary/aromatic N) is 5. The second-order valence-corrected chi connectivity index (χ2v) is 10.4. The first kappa shape index (κ1) is 23.8. The minimum absolute atomic E-state index is 0.0943. The zero-order valence-electron chi connectivity index (χ0n) is 18.9. The maximum absolute atomic E-state index is 12.8. The Morgan fingerprint density at radius 3 is 2.59 bits per heavy atom. The number of aliphatic hydroxyl groups is 1. The van der Waals surface area contributed by atoms with E-state index in [4.69, 9.17) is 5.73 Å². The van der Waals surface area contributed by atoms with Crippen molar-refractivity contribution in [1.29, 1.82) is 0 Å². The molecule has 0 radical (unpaired) electrons. The molecule has 0 saturated heterocycles. The fraction of sp³-hybridized carbons (Fsp3) is 0.429. The van der Waals surface area contributed by atoms with Gasteiger partial charge in [0.1, 0.15) is 6.33 Å². The molecule has 0 spiro atoms. The Bertz CT molecular complexity index is 1210. The highest BCUT2D eigenvalue weighted by atomic mass is 32.2. The van der Waals surface area contributed by atoms with Crippen molar-refractivity contribution in [1.82, 2.24) is 29.5 Å². The number of aryl methyl sites for hydroxylation is 1. The molecule has 3 aromatic rings. The van der Waals surface area contributed by atoms with Crippen LogP contribution in [0.4, 0.5) is 5.82 Å². The van der Waals surface area contributed by atoms with Crippen molar-refractivity contribution in [2.45, 2.75) is 57.5 Å². The Morgan fingerprint density at radius 2 is 1.97 bits per heavy atom. The lowest BCUT2D eigenvalue weighted by Crippen LogP contribution is -2.30. The summed E-state index contributed by atoms with van der Waals surface area (Å²) in [5.41, 5.74) is 6.95. The van der Waals surface area contributed by atoms with Crippen molar-refractivity contribution < 1.29 is 13.5 Å². The minimum Gasteiger partial charge on any atom is -0.390 e. The van der Waals surface area contributed by atoms with Crippen molar-refractivity contribution in [3.05, 3.63) is 42.1 Å². The van der Waals surface area contributed by atoms with E-state index in [1.165, 1.54) is 23.3 Å². The van der Waals surface area contributed by atoms with Crippen LogP contribution in [0, 0.1) is 6.92 Å². The van der Waals surface area contributed by atoms with Gasteiger partial charge in [-0.25, -0.2) is 28.1 Å². The van der Waals surface area contributed by atoms with Crippen molar-refractivity contribution in [2.75, 3.05) is 12.3 Å². The molecule has 0 bridgehead atoms. The number of sulfonamides is 1. The van der Waals surface area contributed by atoms with E-state index in [1.807, 2.05) is 20.8 Å². The molecule has 0 atom stereocenters. The van der Waals surface area contributed by atoms with E-state index in [2.05, 4.69) is 24.8 Å². The number of nitrogens with one attached hydrogen (secondary N) is 1. The third kappa shape index (κ3) is 5.47. The molecule has 0 amide bonds. The van der Waals surface area contributed by atoms with E-state index in [0.717, 1.165) is 5.56 Å². The quantitative estimate of drug-likeness (QED) is 0.464. The molecule has 172 valence electrons. The number of hydrogen-bond acceptors (Lipinski definition) is 8. The Labute approximate surface area is 188 Å². The van der Waals surface area contributed by atoms with E-state index < -0.39 is 15.6 Å². The summed E-state index contributed by atoms with van der Waals surface area (Å²) >= 11 is 0. The predicted octanol–water partition coefficient (Wildman–Crippen LogP) is 2.18. The van der Waals surface area contributed by atoms with Gasteiger partial charge in [-0.3, -0.25) is 0 Å². The van der Waals surface area contributed by atoms with Gasteiger partial charge in [-0.2, -0.15) is 4.68 Å². The standard InChI is InChI=1S/C21H29N7O3S/c1-13(2)19-24-12-28(27-19)20-18(22)23-11-17(26-20)16-10-15(7-6-14(16)3)32(30,31)25-9-8-21(4,5)29/h6-7,10-13,25,29H,8-9H2,1-5H3,(H2,22,23). The highest BCUT2D eigenvalue weighted by Gasteiger charge is 2.20.